The molecule has 2 amide bonds. The molecule has 1 heterocycles. The summed E-state index contributed by atoms with van der Waals surface area (Å²) in [5, 5.41) is 0.634. The number of aryl methyl sites for hydroxylation is 3. The Labute approximate surface area is 140 Å². The van der Waals surface area contributed by atoms with Gasteiger partial charge in [0, 0.05) is 5.02 Å². The smallest absolute Gasteiger partial charge is 0.266 e. The van der Waals surface area contributed by atoms with E-state index in [4.69, 9.17) is 11.6 Å². The maximum absolute atomic E-state index is 12.9. The van der Waals surface area contributed by atoms with Gasteiger partial charge in [-0.25, -0.2) is 4.90 Å². The third kappa shape index (κ3) is 2.45. The quantitative estimate of drug-likeness (QED) is 0.774. The molecule has 0 bridgehead atoms. The Morgan fingerprint density at radius 1 is 0.913 bits per heavy atom. The van der Waals surface area contributed by atoms with Gasteiger partial charge in [0.25, 0.3) is 11.8 Å². The number of rotatable bonds is 3. The fourth-order valence-corrected chi connectivity index (χ4v) is 3.36. The number of benzene rings is 2. The van der Waals surface area contributed by atoms with Crippen LogP contribution < -0.4 is 4.90 Å². The highest BCUT2D eigenvalue weighted by Gasteiger charge is 2.38. The van der Waals surface area contributed by atoms with Gasteiger partial charge in [-0.15, -0.1) is 0 Å². The molecule has 0 aromatic heterocycles. The van der Waals surface area contributed by atoms with Crippen LogP contribution in [0.2, 0.25) is 5.02 Å². The fourth-order valence-electron chi connectivity index (χ4n) is 3.10. The zero-order valence-corrected chi connectivity index (χ0v) is 14.2. The van der Waals surface area contributed by atoms with Gasteiger partial charge in [-0.05, 0) is 55.2 Å². The molecule has 0 N–H and O–H groups in total. The van der Waals surface area contributed by atoms with Crippen LogP contribution >= 0.6 is 11.6 Å². The molecule has 3 nitrogen and oxygen atoms in total. The summed E-state index contributed by atoms with van der Waals surface area (Å²) in [6.07, 6.45) is 1.41. The Balaban J connectivity index is 2.21. The zero-order chi connectivity index (χ0) is 16.7. The number of hydrogen-bond donors (Lipinski definition) is 0. The standard InChI is InChI=1S/C19H18ClNO2/c1-4-12-9-14(20)10-13(5-2)17(12)21-18(22)15-7-6-11(3)8-16(15)19(21)23/h6-10H,4-5H2,1-3H3. The van der Waals surface area contributed by atoms with Crippen LogP contribution in [-0.4, -0.2) is 11.8 Å². The Kier molecular flexibility index (Phi) is 3.99. The van der Waals surface area contributed by atoms with Crippen molar-refractivity contribution in [3.8, 4) is 0 Å². The predicted octanol–water partition coefficient (Wildman–Crippen LogP) is 4.57. The van der Waals surface area contributed by atoms with Crippen molar-refractivity contribution >= 4 is 29.1 Å². The van der Waals surface area contributed by atoms with Gasteiger partial charge in [-0.2, -0.15) is 0 Å². The average Bonchev–Trinajstić information content (AvgIpc) is 2.77. The van der Waals surface area contributed by atoms with Gasteiger partial charge in [0.1, 0.15) is 0 Å². The van der Waals surface area contributed by atoms with E-state index in [-0.39, 0.29) is 11.8 Å². The minimum atomic E-state index is -0.253. The average molecular weight is 328 g/mol. The lowest BCUT2D eigenvalue weighted by Gasteiger charge is -2.21. The van der Waals surface area contributed by atoms with E-state index in [1.54, 1.807) is 12.1 Å². The summed E-state index contributed by atoms with van der Waals surface area (Å²) in [6, 6.07) is 9.05. The molecular formula is C19H18ClNO2. The largest absolute Gasteiger partial charge is 0.268 e. The van der Waals surface area contributed by atoms with Gasteiger partial charge in [0.05, 0.1) is 16.8 Å². The van der Waals surface area contributed by atoms with Crippen molar-refractivity contribution < 1.29 is 9.59 Å². The SMILES string of the molecule is CCc1cc(Cl)cc(CC)c1N1C(=O)c2ccc(C)cc2C1=O. The van der Waals surface area contributed by atoms with Crippen LogP contribution in [0.5, 0.6) is 0 Å². The molecular weight excluding hydrogens is 310 g/mol. The third-order valence-corrected chi connectivity index (χ3v) is 4.48. The first-order valence-electron chi connectivity index (χ1n) is 7.78. The van der Waals surface area contributed by atoms with Crippen molar-refractivity contribution in [1.82, 2.24) is 0 Å². The zero-order valence-electron chi connectivity index (χ0n) is 13.4. The van der Waals surface area contributed by atoms with E-state index in [1.165, 1.54) is 4.90 Å². The van der Waals surface area contributed by atoms with E-state index in [9.17, 15) is 9.59 Å². The molecule has 0 radical (unpaired) electrons. The van der Waals surface area contributed by atoms with Crippen molar-refractivity contribution in [1.29, 1.82) is 0 Å². The first kappa shape index (κ1) is 15.8. The summed E-state index contributed by atoms with van der Waals surface area (Å²) in [7, 11) is 0. The molecule has 0 fully saturated rings. The molecule has 4 heteroatoms. The van der Waals surface area contributed by atoms with E-state index >= 15 is 0 Å². The molecule has 2 aromatic carbocycles. The molecule has 0 spiro atoms. The number of hydrogen-bond acceptors (Lipinski definition) is 2. The van der Waals surface area contributed by atoms with E-state index in [2.05, 4.69) is 0 Å². The summed E-state index contributed by atoms with van der Waals surface area (Å²) >= 11 is 6.18. The fraction of sp³-hybridized carbons (Fsp3) is 0.263. The van der Waals surface area contributed by atoms with Gasteiger partial charge in [0.15, 0.2) is 0 Å². The molecule has 3 rings (SSSR count). The normalized spacial score (nSPS) is 13.7. The summed E-state index contributed by atoms with van der Waals surface area (Å²) in [4.78, 5) is 27.0. The van der Waals surface area contributed by atoms with Crippen LogP contribution in [-0.2, 0) is 12.8 Å². The number of imide groups is 1. The minimum absolute atomic E-state index is 0.250. The van der Waals surface area contributed by atoms with Gasteiger partial charge in [0.2, 0.25) is 0 Å². The highest BCUT2D eigenvalue weighted by atomic mass is 35.5. The Hall–Kier alpha value is -2.13. The summed E-state index contributed by atoms with van der Waals surface area (Å²) in [6.45, 7) is 5.91. The van der Waals surface area contributed by atoms with E-state index < -0.39 is 0 Å². The van der Waals surface area contributed by atoms with Crippen LogP contribution in [0, 0.1) is 6.92 Å². The Bertz CT molecular complexity index is 801. The highest BCUT2D eigenvalue weighted by Crippen LogP contribution is 2.36. The number of halogens is 1. The molecule has 23 heavy (non-hydrogen) atoms. The van der Waals surface area contributed by atoms with Gasteiger partial charge < -0.3 is 0 Å². The number of fused-ring (bicyclic) bond motifs is 1. The highest BCUT2D eigenvalue weighted by molar-refractivity contribution is 6.35. The van der Waals surface area contributed by atoms with Crippen molar-refractivity contribution in [2.45, 2.75) is 33.6 Å². The number of nitrogens with zero attached hydrogens (tertiary/aromatic N) is 1. The molecule has 0 saturated carbocycles. The number of carbonyl (C=O) groups excluding carboxylic acids is 2. The lowest BCUT2D eigenvalue weighted by molar-refractivity contribution is 0.0925. The second-order valence-electron chi connectivity index (χ2n) is 5.77. The first-order valence-corrected chi connectivity index (χ1v) is 8.16. The Morgan fingerprint density at radius 3 is 2.04 bits per heavy atom. The molecule has 0 unspecified atom stereocenters. The van der Waals surface area contributed by atoms with Crippen LogP contribution in [0.15, 0.2) is 30.3 Å². The van der Waals surface area contributed by atoms with Crippen LogP contribution in [0.4, 0.5) is 5.69 Å². The molecule has 118 valence electrons. The van der Waals surface area contributed by atoms with Crippen LogP contribution in [0.1, 0.15) is 51.3 Å². The first-order chi connectivity index (χ1) is 11.0. The maximum atomic E-state index is 12.9. The molecule has 0 saturated heterocycles. The van der Waals surface area contributed by atoms with E-state index in [1.807, 2.05) is 39.0 Å². The van der Waals surface area contributed by atoms with Crippen molar-refractivity contribution in [3.63, 3.8) is 0 Å². The van der Waals surface area contributed by atoms with Gasteiger partial charge >= 0.3 is 0 Å². The monoisotopic (exact) mass is 327 g/mol. The summed E-state index contributed by atoms with van der Waals surface area (Å²) in [5.74, 6) is -0.503. The van der Waals surface area contributed by atoms with Gasteiger partial charge in [-0.3, -0.25) is 9.59 Å². The van der Waals surface area contributed by atoms with Crippen LogP contribution in [0.3, 0.4) is 0 Å². The van der Waals surface area contributed by atoms with Gasteiger partial charge in [-0.1, -0.05) is 37.1 Å². The van der Waals surface area contributed by atoms with Crippen molar-refractivity contribution in [3.05, 3.63) is 63.2 Å². The third-order valence-electron chi connectivity index (χ3n) is 4.26. The van der Waals surface area contributed by atoms with Crippen molar-refractivity contribution in [2.24, 2.45) is 0 Å². The lowest BCUT2D eigenvalue weighted by atomic mass is 10.0. The topological polar surface area (TPSA) is 37.4 Å². The van der Waals surface area contributed by atoms with Crippen LogP contribution in [0.25, 0.3) is 0 Å². The molecule has 1 aliphatic rings. The summed E-state index contributed by atoms with van der Waals surface area (Å²) < 4.78 is 0. The molecule has 2 aromatic rings. The lowest BCUT2D eigenvalue weighted by Crippen LogP contribution is -2.31. The molecule has 1 aliphatic heterocycles. The minimum Gasteiger partial charge on any atom is -0.268 e. The molecule has 0 atom stereocenters. The number of amides is 2. The number of anilines is 1. The van der Waals surface area contributed by atoms with Crippen molar-refractivity contribution in [2.75, 3.05) is 4.90 Å². The van der Waals surface area contributed by atoms with E-state index in [0.29, 0.717) is 34.7 Å². The second kappa shape index (κ2) is 5.82. The predicted molar refractivity (Wildman–Crippen MR) is 92.5 cm³/mol. The molecule has 0 aliphatic carbocycles. The van der Waals surface area contributed by atoms with E-state index in [0.717, 1.165) is 16.7 Å². The Morgan fingerprint density at radius 2 is 1.48 bits per heavy atom. The second-order valence-corrected chi connectivity index (χ2v) is 6.21. The summed E-state index contributed by atoms with van der Waals surface area (Å²) in [5.41, 5.74) is 4.45. The number of carbonyl (C=O) groups is 2. The maximum Gasteiger partial charge on any atom is 0.266 e.